The molecule has 17 heavy (non-hydrogen) atoms. The van der Waals surface area contributed by atoms with Crippen LogP contribution in [-0.2, 0) is 0 Å². The van der Waals surface area contributed by atoms with Crippen molar-refractivity contribution in [3.63, 3.8) is 0 Å². The number of likely N-dealkylation sites (tertiary alicyclic amines) is 1. The van der Waals surface area contributed by atoms with E-state index in [1.807, 2.05) is 7.05 Å². The molecule has 0 amide bonds. The van der Waals surface area contributed by atoms with Crippen molar-refractivity contribution in [3.8, 4) is 0 Å². The Labute approximate surface area is 104 Å². The lowest BCUT2D eigenvalue weighted by molar-refractivity contribution is -0.384. The fourth-order valence-electron chi connectivity index (χ4n) is 1.93. The van der Waals surface area contributed by atoms with Gasteiger partial charge in [0, 0.05) is 24.8 Å². The molecule has 7 heteroatoms. The molecule has 1 aromatic rings. The van der Waals surface area contributed by atoms with Crippen molar-refractivity contribution in [1.29, 1.82) is 0 Å². The molecule has 0 radical (unpaired) electrons. The van der Waals surface area contributed by atoms with Crippen molar-refractivity contribution in [1.82, 2.24) is 9.88 Å². The van der Waals surface area contributed by atoms with E-state index in [0.717, 1.165) is 19.5 Å². The molecule has 0 bridgehead atoms. The zero-order chi connectivity index (χ0) is 12.4. The maximum atomic E-state index is 10.9. The summed E-state index contributed by atoms with van der Waals surface area (Å²) in [6.45, 7) is 1.85. The molecular weight excluding hydrogens is 244 g/mol. The molecule has 0 aromatic carbocycles. The third-order valence-corrected chi connectivity index (χ3v) is 2.97. The minimum atomic E-state index is -0.472. The van der Waals surface area contributed by atoms with Crippen LogP contribution in [0.25, 0.3) is 0 Å². The number of nitrogens with one attached hydrogen (secondary N) is 1. The van der Waals surface area contributed by atoms with Gasteiger partial charge in [-0.05, 0) is 20.0 Å². The molecule has 1 aliphatic rings. The summed E-state index contributed by atoms with van der Waals surface area (Å²) in [5, 5.41) is 14.2. The van der Waals surface area contributed by atoms with E-state index in [-0.39, 0.29) is 16.8 Å². The second-order valence-electron chi connectivity index (χ2n) is 4.17. The second-order valence-corrected chi connectivity index (χ2v) is 4.61. The molecule has 1 unspecified atom stereocenters. The van der Waals surface area contributed by atoms with Crippen molar-refractivity contribution in [2.24, 2.45) is 0 Å². The van der Waals surface area contributed by atoms with Crippen molar-refractivity contribution < 1.29 is 4.92 Å². The first kappa shape index (κ1) is 12.1. The molecule has 0 saturated carbocycles. The van der Waals surface area contributed by atoms with Crippen LogP contribution in [0.5, 0.6) is 0 Å². The van der Waals surface area contributed by atoms with Gasteiger partial charge in [-0.15, -0.1) is 0 Å². The van der Waals surface area contributed by atoms with Gasteiger partial charge in [0.1, 0.15) is 0 Å². The molecule has 92 valence electrons. The van der Waals surface area contributed by atoms with E-state index in [1.54, 1.807) is 0 Å². The fraction of sp³-hybridized carbons (Fsp3) is 0.500. The van der Waals surface area contributed by atoms with Gasteiger partial charge in [0.2, 0.25) is 5.82 Å². The predicted molar refractivity (Wildman–Crippen MR) is 65.4 cm³/mol. The van der Waals surface area contributed by atoms with Crippen molar-refractivity contribution in [3.05, 3.63) is 27.4 Å². The minimum Gasteiger partial charge on any atom is -0.360 e. The molecule has 2 rings (SSSR count). The zero-order valence-electron chi connectivity index (χ0n) is 9.39. The van der Waals surface area contributed by atoms with Gasteiger partial charge in [-0.3, -0.25) is 10.1 Å². The average molecular weight is 257 g/mol. The van der Waals surface area contributed by atoms with Crippen LogP contribution in [0.3, 0.4) is 0 Å². The van der Waals surface area contributed by atoms with Gasteiger partial charge in [-0.2, -0.15) is 0 Å². The maximum absolute atomic E-state index is 10.9. The van der Waals surface area contributed by atoms with E-state index in [0.29, 0.717) is 5.82 Å². The first-order chi connectivity index (χ1) is 8.06. The largest absolute Gasteiger partial charge is 0.360 e. The second kappa shape index (κ2) is 4.85. The summed E-state index contributed by atoms with van der Waals surface area (Å²) in [7, 11) is 2.02. The molecule has 0 spiro atoms. The normalized spacial score (nSPS) is 20.5. The summed E-state index contributed by atoms with van der Waals surface area (Å²) in [6, 6.07) is 1.52. The van der Waals surface area contributed by atoms with Crippen LogP contribution in [0.2, 0.25) is 5.02 Å². The lowest BCUT2D eigenvalue weighted by atomic mass is 10.2. The quantitative estimate of drug-likeness (QED) is 0.659. The number of rotatable bonds is 3. The van der Waals surface area contributed by atoms with Gasteiger partial charge in [-0.25, -0.2) is 4.98 Å². The third kappa shape index (κ3) is 2.83. The van der Waals surface area contributed by atoms with Crippen molar-refractivity contribution >= 4 is 23.1 Å². The SMILES string of the molecule is CN1CCC(Nc2ncc(Cl)cc2[N+](=O)[O-])C1. The Morgan fingerprint density at radius 2 is 2.47 bits per heavy atom. The molecule has 1 N–H and O–H groups in total. The lowest BCUT2D eigenvalue weighted by Crippen LogP contribution is -2.24. The number of likely N-dealkylation sites (N-methyl/N-ethyl adjacent to an activating group) is 1. The zero-order valence-corrected chi connectivity index (χ0v) is 10.1. The van der Waals surface area contributed by atoms with E-state index in [2.05, 4.69) is 15.2 Å². The molecule has 1 aromatic heterocycles. The van der Waals surface area contributed by atoms with Crippen molar-refractivity contribution in [2.75, 3.05) is 25.5 Å². The Bertz CT molecular complexity index is 440. The molecular formula is C10H13ClN4O2. The fourth-order valence-corrected chi connectivity index (χ4v) is 2.08. The van der Waals surface area contributed by atoms with E-state index < -0.39 is 4.92 Å². The lowest BCUT2D eigenvalue weighted by Gasteiger charge is -2.13. The Morgan fingerprint density at radius 1 is 1.71 bits per heavy atom. The summed E-state index contributed by atoms with van der Waals surface area (Å²) in [5.74, 6) is 0.291. The summed E-state index contributed by atoms with van der Waals surface area (Å²) in [4.78, 5) is 16.5. The van der Waals surface area contributed by atoms with Crippen LogP contribution in [-0.4, -0.2) is 41.0 Å². The maximum Gasteiger partial charge on any atom is 0.312 e. The van der Waals surface area contributed by atoms with E-state index >= 15 is 0 Å². The van der Waals surface area contributed by atoms with Gasteiger partial charge in [-0.1, -0.05) is 11.6 Å². The number of pyridine rings is 1. The van der Waals surface area contributed by atoms with E-state index in [9.17, 15) is 10.1 Å². The van der Waals surface area contributed by atoms with Crippen LogP contribution < -0.4 is 5.32 Å². The summed E-state index contributed by atoms with van der Waals surface area (Å²) < 4.78 is 0. The van der Waals surface area contributed by atoms with Crippen LogP contribution in [0.1, 0.15) is 6.42 Å². The Morgan fingerprint density at radius 3 is 3.06 bits per heavy atom. The monoisotopic (exact) mass is 256 g/mol. The number of halogens is 1. The highest BCUT2D eigenvalue weighted by Crippen LogP contribution is 2.26. The molecule has 1 aliphatic heterocycles. The summed E-state index contributed by atoms with van der Waals surface area (Å²) in [6.07, 6.45) is 2.37. The Kier molecular flexibility index (Phi) is 3.44. The van der Waals surface area contributed by atoms with Gasteiger partial charge in [0.15, 0.2) is 0 Å². The van der Waals surface area contributed by atoms with Gasteiger partial charge >= 0.3 is 5.69 Å². The number of nitrogens with zero attached hydrogens (tertiary/aromatic N) is 3. The van der Waals surface area contributed by atoms with Crippen LogP contribution >= 0.6 is 11.6 Å². The average Bonchev–Trinajstić information content (AvgIpc) is 2.66. The highest BCUT2D eigenvalue weighted by molar-refractivity contribution is 6.30. The molecule has 0 aliphatic carbocycles. The Balaban J connectivity index is 2.17. The van der Waals surface area contributed by atoms with Crippen LogP contribution in [0.4, 0.5) is 11.5 Å². The van der Waals surface area contributed by atoms with Gasteiger partial charge in [0.05, 0.1) is 9.95 Å². The highest BCUT2D eigenvalue weighted by Gasteiger charge is 2.23. The molecule has 6 nitrogen and oxygen atoms in total. The molecule has 1 atom stereocenters. The van der Waals surface area contributed by atoms with Crippen LogP contribution in [0, 0.1) is 10.1 Å². The summed E-state index contributed by atoms with van der Waals surface area (Å²) in [5.41, 5.74) is -0.0768. The number of anilines is 1. The predicted octanol–water partition coefficient (Wildman–Crippen LogP) is 1.76. The topological polar surface area (TPSA) is 71.3 Å². The third-order valence-electron chi connectivity index (χ3n) is 2.76. The van der Waals surface area contributed by atoms with Crippen molar-refractivity contribution in [2.45, 2.75) is 12.5 Å². The molecule has 1 fully saturated rings. The summed E-state index contributed by atoms with van der Waals surface area (Å²) >= 11 is 5.70. The molecule has 1 saturated heterocycles. The number of nitro groups is 1. The Hall–Kier alpha value is -1.40. The molecule has 2 heterocycles. The first-order valence-corrected chi connectivity index (χ1v) is 5.69. The van der Waals surface area contributed by atoms with Gasteiger partial charge in [0.25, 0.3) is 0 Å². The number of aromatic nitrogens is 1. The standard InChI is InChI=1S/C10H13ClN4O2/c1-14-3-2-8(6-14)13-10-9(15(16)17)4-7(11)5-12-10/h4-5,8H,2-3,6H2,1H3,(H,12,13). The number of hydrogen-bond donors (Lipinski definition) is 1. The number of hydrogen-bond acceptors (Lipinski definition) is 5. The van der Waals surface area contributed by atoms with Gasteiger partial charge < -0.3 is 10.2 Å². The minimum absolute atomic E-state index is 0.0768. The van der Waals surface area contributed by atoms with E-state index in [4.69, 9.17) is 11.6 Å². The highest BCUT2D eigenvalue weighted by atomic mass is 35.5. The van der Waals surface area contributed by atoms with E-state index in [1.165, 1.54) is 12.3 Å². The smallest absolute Gasteiger partial charge is 0.312 e. The van der Waals surface area contributed by atoms with Crippen LogP contribution in [0.15, 0.2) is 12.3 Å². The first-order valence-electron chi connectivity index (χ1n) is 5.31.